The molecule has 52 valence electrons. The second-order valence-electron chi connectivity index (χ2n) is 1.77. The molecule has 0 aliphatic rings. The number of aldehydes is 1. The molecule has 4 heteroatoms. The number of rotatable bonds is 1. The third-order valence-corrected chi connectivity index (χ3v) is 1.61. The highest BCUT2D eigenvalue weighted by molar-refractivity contribution is 9.10. The van der Waals surface area contributed by atoms with E-state index in [-0.39, 0.29) is 0 Å². The summed E-state index contributed by atoms with van der Waals surface area (Å²) in [7, 11) is 0. The predicted octanol–water partition coefficient (Wildman–Crippen LogP) is 1.36. The maximum Gasteiger partial charge on any atom is 0.169 e. The van der Waals surface area contributed by atoms with Gasteiger partial charge in [-0.3, -0.25) is 4.79 Å². The van der Waals surface area contributed by atoms with E-state index in [2.05, 4.69) is 25.9 Å². The molecule has 0 radical (unpaired) electrons. The van der Waals surface area contributed by atoms with Crippen LogP contribution in [0.1, 0.15) is 16.3 Å². The van der Waals surface area contributed by atoms with Crippen LogP contribution in [-0.4, -0.2) is 16.3 Å². The first-order valence-electron chi connectivity index (χ1n) is 2.68. The van der Waals surface area contributed by atoms with Crippen molar-refractivity contribution >= 4 is 22.2 Å². The van der Waals surface area contributed by atoms with Gasteiger partial charge in [-0.1, -0.05) is 0 Å². The van der Waals surface area contributed by atoms with Gasteiger partial charge in [0.05, 0.1) is 4.47 Å². The van der Waals surface area contributed by atoms with Crippen LogP contribution >= 0.6 is 15.9 Å². The molecule has 0 bridgehead atoms. The molecule has 0 saturated heterocycles. The van der Waals surface area contributed by atoms with Crippen LogP contribution in [0.15, 0.2) is 10.7 Å². The molecule has 0 spiro atoms. The van der Waals surface area contributed by atoms with E-state index in [1.54, 1.807) is 13.1 Å². The molecule has 0 saturated carbocycles. The minimum atomic E-state index is 0.396. The van der Waals surface area contributed by atoms with Gasteiger partial charge in [0.15, 0.2) is 6.29 Å². The van der Waals surface area contributed by atoms with Crippen molar-refractivity contribution in [2.45, 2.75) is 6.92 Å². The van der Waals surface area contributed by atoms with E-state index in [9.17, 15) is 4.79 Å². The molecule has 1 heterocycles. The standard InChI is InChI=1S/C6H5BrN2O/c1-4-8-2-5(7)6(3-10)9-4/h2-3H,1H3. The zero-order chi connectivity index (χ0) is 7.56. The molecule has 1 rings (SSSR count). The lowest BCUT2D eigenvalue weighted by Gasteiger charge is -1.94. The summed E-state index contributed by atoms with van der Waals surface area (Å²) in [6.07, 6.45) is 2.25. The van der Waals surface area contributed by atoms with Gasteiger partial charge >= 0.3 is 0 Å². The number of carbonyl (C=O) groups is 1. The monoisotopic (exact) mass is 200 g/mol. The SMILES string of the molecule is Cc1ncc(Br)c(C=O)n1. The van der Waals surface area contributed by atoms with Crippen LogP contribution in [0.3, 0.4) is 0 Å². The molecule has 0 unspecified atom stereocenters. The minimum Gasteiger partial charge on any atom is -0.296 e. The fourth-order valence-corrected chi connectivity index (χ4v) is 0.840. The van der Waals surface area contributed by atoms with E-state index in [1.165, 1.54) is 0 Å². The normalized spacial score (nSPS) is 9.40. The predicted molar refractivity (Wildman–Crippen MR) is 39.9 cm³/mol. The van der Waals surface area contributed by atoms with Crippen LogP contribution in [0.4, 0.5) is 0 Å². The Labute approximate surface area is 66.6 Å². The van der Waals surface area contributed by atoms with Gasteiger partial charge in [0.1, 0.15) is 11.5 Å². The van der Waals surface area contributed by atoms with Gasteiger partial charge in [0.25, 0.3) is 0 Å². The molecule has 0 aliphatic heterocycles. The Balaban J connectivity index is 3.21. The maximum atomic E-state index is 10.3. The molecule has 0 aliphatic carbocycles. The second kappa shape index (κ2) is 2.88. The van der Waals surface area contributed by atoms with Gasteiger partial charge in [-0.05, 0) is 22.9 Å². The van der Waals surface area contributed by atoms with Gasteiger partial charge in [-0.15, -0.1) is 0 Å². The van der Waals surface area contributed by atoms with Gasteiger partial charge < -0.3 is 0 Å². The molecule has 0 amide bonds. The average Bonchev–Trinajstić information content (AvgIpc) is 1.94. The molecular formula is C6H5BrN2O. The molecule has 1 aromatic heterocycles. The van der Waals surface area contributed by atoms with Crippen LogP contribution in [0, 0.1) is 6.92 Å². The van der Waals surface area contributed by atoms with Gasteiger partial charge in [0.2, 0.25) is 0 Å². The summed E-state index contributed by atoms with van der Waals surface area (Å²) in [5, 5.41) is 0. The molecular weight excluding hydrogens is 196 g/mol. The Morgan fingerprint density at radius 3 is 2.90 bits per heavy atom. The van der Waals surface area contributed by atoms with Crippen molar-refractivity contribution < 1.29 is 4.79 Å². The highest BCUT2D eigenvalue weighted by Gasteiger charge is 1.98. The zero-order valence-electron chi connectivity index (χ0n) is 5.34. The summed E-state index contributed by atoms with van der Waals surface area (Å²) >= 11 is 3.13. The lowest BCUT2D eigenvalue weighted by molar-refractivity contribution is 0.111. The first-order chi connectivity index (χ1) is 4.74. The second-order valence-corrected chi connectivity index (χ2v) is 2.62. The number of aryl methyl sites for hydroxylation is 1. The van der Waals surface area contributed by atoms with E-state index in [1.807, 2.05) is 0 Å². The van der Waals surface area contributed by atoms with Crippen molar-refractivity contribution in [1.29, 1.82) is 0 Å². The van der Waals surface area contributed by atoms with Crippen LogP contribution in [0.25, 0.3) is 0 Å². The quantitative estimate of drug-likeness (QED) is 0.644. The van der Waals surface area contributed by atoms with Gasteiger partial charge in [0, 0.05) is 6.20 Å². The Kier molecular flexibility index (Phi) is 2.11. The van der Waals surface area contributed by atoms with Gasteiger partial charge in [-0.2, -0.15) is 0 Å². The Morgan fingerprint density at radius 2 is 2.40 bits per heavy atom. The summed E-state index contributed by atoms with van der Waals surface area (Å²) in [6, 6.07) is 0. The third kappa shape index (κ3) is 1.39. The molecule has 10 heavy (non-hydrogen) atoms. The van der Waals surface area contributed by atoms with E-state index in [0.29, 0.717) is 22.3 Å². The minimum absolute atomic E-state index is 0.396. The Hall–Kier alpha value is -0.770. The van der Waals surface area contributed by atoms with Crippen LogP contribution in [-0.2, 0) is 0 Å². The summed E-state index contributed by atoms with van der Waals surface area (Å²) in [6.45, 7) is 1.74. The lowest BCUT2D eigenvalue weighted by Crippen LogP contribution is -1.93. The number of carbonyl (C=O) groups excluding carboxylic acids is 1. The smallest absolute Gasteiger partial charge is 0.169 e. The van der Waals surface area contributed by atoms with E-state index >= 15 is 0 Å². The van der Waals surface area contributed by atoms with Crippen molar-refractivity contribution in [2.75, 3.05) is 0 Å². The van der Waals surface area contributed by atoms with Crippen molar-refractivity contribution in [3.8, 4) is 0 Å². The van der Waals surface area contributed by atoms with Crippen molar-refractivity contribution in [3.63, 3.8) is 0 Å². The first kappa shape index (κ1) is 7.34. The van der Waals surface area contributed by atoms with Crippen LogP contribution < -0.4 is 0 Å². The molecule has 0 fully saturated rings. The number of hydrogen-bond donors (Lipinski definition) is 0. The van der Waals surface area contributed by atoms with E-state index < -0.39 is 0 Å². The fourth-order valence-electron chi connectivity index (χ4n) is 0.555. The summed E-state index contributed by atoms with van der Waals surface area (Å²) in [4.78, 5) is 18.0. The Bertz CT molecular complexity index is 262. The van der Waals surface area contributed by atoms with E-state index in [0.717, 1.165) is 0 Å². The van der Waals surface area contributed by atoms with Crippen molar-refractivity contribution in [1.82, 2.24) is 9.97 Å². The topological polar surface area (TPSA) is 42.9 Å². The maximum absolute atomic E-state index is 10.3. The third-order valence-electron chi connectivity index (χ3n) is 1.00. The number of aromatic nitrogens is 2. The molecule has 1 aromatic rings. The van der Waals surface area contributed by atoms with Crippen LogP contribution in [0.5, 0.6) is 0 Å². The fraction of sp³-hybridized carbons (Fsp3) is 0.167. The summed E-state index contributed by atoms with van der Waals surface area (Å²) in [5.41, 5.74) is 0.396. The lowest BCUT2D eigenvalue weighted by atomic mass is 10.4. The van der Waals surface area contributed by atoms with Crippen molar-refractivity contribution in [2.24, 2.45) is 0 Å². The van der Waals surface area contributed by atoms with Crippen molar-refractivity contribution in [3.05, 3.63) is 22.2 Å². The molecule has 0 atom stereocenters. The first-order valence-corrected chi connectivity index (χ1v) is 3.47. The highest BCUT2D eigenvalue weighted by atomic mass is 79.9. The Morgan fingerprint density at radius 1 is 1.70 bits per heavy atom. The molecule has 3 nitrogen and oxygen atoms in total. The molecule has 0 N–H and O–H groups in total. The zero-order valence-corrected chi connectivity index (χ0v) is 6.92. The van der Waals surface area contributed by atoms with Gasteiger partial charge in [-0.25, -0.2) is 9.97 Å². The summed E-state index contributed by atoms with van der Waals surface area (Å²) < 4.78 is 0.633. The van der Waals surface area contributed by atoms with E-state index in [4.69, 9.17) is 0 Å². The van der Waals surface area contributed by atoms with Crippen LogP contribution in [0.2, 0.25) is 0 Å². The highest BCUT2D eigenvalue weighted by Crippen LogP contribution is 2.09. The summed E-state index contributed by atoms with van der Waals surface area (Å²) in [5.74, 6) is 0.602. The number of nitrogens with zero attached hydrogens (tertiary/aromatic N) is 2. The molecule has 0 aromatic carbocycles. The largest absolute Gasteiger partial charge is 0.296 e. The number of hydrogen-bond acceptors (Lipinski definition) is 3. The average molecular weight is 201 g/mol. The number of halogens is 1.